The molecule has 0 saturated carbocycles. The van der Waals surface area contributed by atoms with Gasteiger partial charge in [-0.25, -0.2) is 9.97 Å². The highest BCUT2D eigenvalue weighted by molar-refractivity contribution is 5.18. The van der Waals surface area contributed by atoms with Crippen LogP contribution in [0.25, 0.3) is 0 Å². The van der Waals surface area contributed by atoms with Gasteiger partial charge in [0.05, 0.1) is 46.4 Å². The van der Waals surface area contributed by atoms with Crippen LogP contribution in [0.2, 0.25) is 0 Å². The molecule has 1 aliphatic rings. The van der Waals surface area contributed by atoms with E-state index in [1.165, 1.54) is 37.2 Å². The first-order valence-electron chi connectivity index (χ1n) is 10.7. The SMILES string of the molecule is COc1ccc(CCC[N+]2(CCCc3ccc(OC)nc3)CCC[C@H](N)C2)cn1. The Balaban J connectivity index is 1.53. The fourth-order valence-electron chi connectivity index (χ4n) is 4.48. The molecule has 0 amide bonds. The third-order valence-electron chi connectivity index (χ3n) is 6.04. The monoisotopic (exact) mass is 399 g/mol. The van der Waals surface area contributed by atoms with Crippen LogP contribution in [0.1, 0.15) is 36.8 Å². The highest BCUT2D eigenvalue weighted by Gasteiger charge is 2.32. The number of likely N-dealkylation sites (tertiary alicyclic amines) is 1. The van der Waals surface area contributed by atoms with Crippen molar-refractivity contribution in [2.24, 2.45) is 5.73 Å². The topological polar surface area (TPSA) is 70.3 Å². The summed E-state index contributed by atoms with van der Waals surface area (Å²) in [5.41, 5.74) is 8.92. The molecule has 158 valence electrons. The second-order valence-corrected chi connectivity index (χ2v) is 8.22. The summed E-state index contributed by atoms with van der Waals surface area (Å²) in [7, 11) is 3.30. The number of aryl methyl sites for hydroxylation is 2. The number of hydrogen-bond donors (Lipinski definition) is 1. The zero-order valence-electron chi connectivity index (χ0n) is 17.8. The average Bonchev–Trinajstić information content (AvgIpc) is 2.75. The van der Waals surface area contributed by atoms with Crippen LogP contribution in [-0.2, 0) is 12.8 Å². The molecule has 0 bridgehead atoms. The molecule has 2 N–H and O–H groups in total. The number of nitrogens with zero attached hydrogens (tertiary/aromatic N) is 3. The Labute approximate surface area is 174 Å². The van der Waals surface area contributed by atoms with E-state index in [4.69, 9.17) is 15.2 Å². The Morgan fingerprint density at radius 2 is 1.48 bits per heavy atom. The van der Waals surface area contributed by atoms with Crippen molar-refractivity contribution < 1.29 is 14.0 Å². The summed E-state index contributed by atoms with van der Waals surface area (Å²) >= 11 is 0. The second kappa shape index (κ2) is 10.6. The van der Waals surface area contributed by atoms with Gasteiger partial charge in [-0.3, -0.25) is 0 Å². The third-order valence-corrected chi connectivity index (χ3v) is 6.04. The molecular weight excluding hydrogens is 364 g/mol. The predicted molar refractivity (Wildman–Crippen MR) is 115 cm³/mol. The van der Waals surface area contributed by atoms with Crippen molar-refractivity contribution >= 4 is 0 Å². The predicted octanol–water partition coefficient (Wildman–Crippen LogP) is 3.00. The van der Waals surface area contributed by atoms with Gasteiger partial charge in [0.2, 0.25) is 11.8 Å². The van der Waals surface area contributed by atoms with Gasteiger partial charge in [0.1, 0.15) is 0 Å². The molecule has 29 heavy (non-hydrogen) atoms. The fourth-order valence-corrected chi connectivity index (χ4v) is 4.48. The van der Waals surface area contributed by atoms with Crippen LogP contribution in [0.3, 0.4) is 0 Å². The maximum atomic E-state index is 6.38. The van der Waals surface area contributed by atoms with E-state index in [9.17, 15) is 0 Å². The van der Waals surface area contributed by atoms with E-state index in [-0.39, 0.29) is 0 Å². The Morgan fingerprint density at radius 1 is 0.931 bits per heavy atom. The van der Waals surface area contributed by atoms with Gasteiger partial charge in [-0.2, -0.15) is 0 Å². The van der Waals surface area contributed by atoms with Gasteiger partial charge >= 0.3 is 0 Å². The summed E-state index contributed by atoms with van der Waals surface area (Å²) in [6.07, 6.45) is 10.7. The van der Waals surface area contributed by atoms with Crippen LogP contribution >= 0.6 is 0 Å². The number of piperidine rings is 1. The van der Waals surface area contributed by atoms with Gasteiger partial charge in [0, 0.05) is 37.4 Å². The normalized spacial score (nSPS) is 18.4. The van der Waals surface area contributed by atoms with E-state index in [1.807, 2.05) is 24.5 Å². The molecule has 0 spiro atoms. The van der Waals surface area contributed by atoms with Crippen molar-refractivity contribution in [3.8, 4) is 11.8 Å². The Kier molecular flexibility index (Phi) is 7.83. The molecule has 6 heteroatoms. The third kappa shape index (κ3) is 6.41. The molecule has 0 aliphatic carbocycles. The van der Waals surface area contributed by atoms with Crippen molar-refractivity contribution in [1.82, 2.24) is 9.97 Å². The lowest BCUT2D eigenvalue weighted by molar-refractivity contribution is -0.933. The minimum atomic E-state index is 0.328. The van der Waals surface area contributed by atoms with Crippen molar-refractivity contribution in [1.29, 1.82) is 0 Å². The number of rotatable bonds is 10. The first-order valence-corrected chi connectivity index (χ1v) is 10.7. The smallest absolute Gasteiger partial charge is 0.212 e. The van der Waals surface area contributed by atoms with E-state index < -0.39 is 0 Å². The van der Waals surface area contributed by atoms with Crippen LogP contribution < -0.4 is 15.2 Å². The van der Waals surface area contributed by atoms with E-state index in [2.05, 4.69) is 22.1 Å². The molecule has 1 aliphatic heterocycles. The number of nitrogens with two attached hydrogens (primary N) is 1. The number of ether oxygens (including phenoxy) is 2. The number of methoxy groups -OCH3 is 2. The number of aromatic nitrogens is 2. The van der Waals surface area contributed by atoms with Crippen molar-refractivity contribution in [3.05, 3.63) is 47.8 Å². The van der Waals surface area contributed by atoms with Gasteiger partial charge in [0.15, 0.2) is 0 Å². The molecule has 3 heterocycles. The van der Waals surface area contributed by atoms with Crippen molar-refractivity contribution in [2.75, 3.05) is 40.4 Å². The second-order valence-electron chi connectivity index (χ2n) is 8.22. The first-order chi connectivity index (χ1) is 14.1. The molecule has 3 rings (SSSR count). The Hall–Kier alpha value is -2.18. The molecule has 1 atom stereocenters. The lowest BCUT2D eigenvalue weighted by Crippen LogP contribution is -2.58. The van der Waals surface area contributed by atoms with Gasteiger partial charge in [0.25, 0.3) is 0 Å². The quantitative estimate of drug-likeness (QED) is 0.622. The van der Waals surface area contributed by atoms with Crippen LogP contribution in [-0.4, -0.2) is 60.9 Å². The van der Waals surface area contributed by atoms with Crippen LogP contribution in [0, 0.1) is 0 Å². The Bertz CT molecular complexity index is 680. The van der Waals surface area contributed by atoms with Gasteiger partial charge in [-0.1, -0.05) is 12.1 Å². The summed E-state index contributed by atoms with van der Waals surface area (Å²) in [5.74, 6) is 1.35. The molecule has 1 saturated heterocycles. The van der Waals surface area contributed by atoms with E-state index in [1.54, 1.807) is 14.2 Å². The van der Waals surface area contributed by atoms with E-state index >= 15 is 0 Å². The van der Waals surface area contributed by atoms with E-state index in [0.717, 1.165) is 43.1 Å². The fraction of sp³-hybridized carbons (Fsp3) is 0.565. The summed E-state index contributed by atoms with van der Waals surface area (Å²) in [5, 5.41) is 0. The zero-order valence-corrected chi connectivity index (χ0v) is 17.8. The Morgan fingerprint density at radius 3 is 1.90 bits per heavy atom. The lowest BCUT2D eigenvalue weighted by Gasteiger charge is -2.44. The number of pyridine rings is 2. The van der Waals surface area contributed by atoms with Crippen LogP contribution in [0.5, 0.6) is 11.8 Å². The van der Waals surface area contributed by atoms with Gasteiger partial charge < -0.3 is 19.7 Å². The van der Waals surface area contributed by atoms with Crippen molar-refractivity contribution in [3.63, 3.8) is 0 Å². The maximum Gasteiger partial charge on any atom is 0.212 e. The average molecular weight is 400 g/mol. The standard InChI is InChI=1S/C23H35N4O2/c1-28-22-11-9-19(16-25-22)6-3-13-27(15-5-8-21(24)18-27)14-4-7-20-10-12-23(29-2)26-17-20/h9-12,16-17,21H,3-8,13-15,18,24H2,1-2H3/q+1/t21-/m0/s1. The highest BCUT2D eigenvalue weighted by atomic mass is 16.5. The summed E-state index contributed by atoms with van der Waals surface area (Å²) in [4.78, 5) is 8.65. The van der Waals surface area contributed by atoms with Gasteiger partial charge in [-0.15, -0.1) is 0 Å². The lowest BCUT2D eigenvalue weighted by atomic mass is 10.0. The molecule has 1 fully saturated rings. The summed E-state index contributed by atoms with van der Waals surface area (Å²) in [6, 6.07) is 8.46. The molecule has 0 radical (unpaired) electrons. The molecule has 2 aromatic heterocycles. The molecule has 6 nitrogen and oxygen atoms in total. The van der Waals surface area contributed by atoms with Crippen LogP contribution in [0.4, 0.5) is 0 Å². The highest BCUT2D eigenvalue weighted by Crippen LogP contribution is 2.22. The van der Waals surface area contributed by atoms with Crippen molar-refractivity contribution in [2.45, 2.75) is 44.6 Å². The largest absolute Gasteiger partial charge is 0.481 e. The van der Waals surface area contributed by atoms with E-state index in [0.29, 0.717) is 17.8 Å². The molecule has 0 unspecified atom stereocenters. The van der Waals surface area contributed by atoms with Gasteiger partial charge in [-0.05, 0) is 36.8 Å². The number of quaternary nitrogens is 1. The summed E-state index contributed by atoms with van der Waals surface area (Å²) < 4.78 is 11.4. The maximum absolute atomic E-state index is 6.38. The molecule has 0 aromatic carbocycles. The molecular formula is C23H35N4O2+. The minimum Gasteiger partial charge on any atom is -0.481 e. The summed E-state index contributed by atoms with van der Waals surface area (Å²) in [6.45, 7) is 4.71. The minimum absolute atomic E-state index is 0.328. The van der Waals surface area contributed by atoms with Crippen LogP contribution in [0.15, 0.2) is 36.7 Å². The first kappa shape index (κ1) is 21.5. The zero-order chi connectivity index (χ0) is 20.5. The molecule has 2 aromatic rings. The number of hydrogen-bond acceptors (Lipinski definition) is 5.